The Morgan fingerprint density at radius 2 is 0.906 bits per heavy atom. The molecule has 4 aliphatic rings. The first kappa shape index (κ1) is 114. The molecule has 12 rings (SSSR count). The molecule has 0 saturated carbocycles. The van der Waals surface area contributed by atoms with Gasteiger partial charge in [-0.2, -0.15) is 36.0 Å². The molecule has 3 aromatic heterocycles. The summed E-state index contributed by atoms with van der Waals surface area (Å²) in [4.78, 5) is 123. The van der Waals surface area contributed by atoms with E-state index in [1.807, 2.05) is 26.8 Å². The van der Waals surface area contributed by atoms with Crippen LogP contribution in [0.1, 0.15) is 123 Å². The van der Waals surface area contributed by atoms with Crippen molar-refractivity contribution in [2.75, 3.05) is 73.2 Å². The van der Waals surface area contributed by atoms with E-state index in [9.17, 15) is 74.5 Å². The summed E-state index contributed by atoms with van der Waals surface area (Å²) in [6, 6.07) is 25.1. The van der Waals surface area contributed by atoms with E-state index in [0.29, 0.717) is 117 Å². The number of aromatic nitrogens is 6. The molecule has 128 heavy (non-hydrogen) atoms. The van der Waals surface area contributed by atoms with Gasteiger partial charge in [-0.3, -0.25) is 55.4 Å². The van der Waals surface area contributed by atoms with E-state index in [2.05, 4.69) is 111 Å². The third kappa shape index (κ3) is 38.4. The van der Waals surface area contributed by atoms with Crippen LogP contribution in [-0.2, 0) is 28.1 Å². The first-order valence-corrected chi connectivity index (χ1v) is 44.5. The van der Waals surface area contributed by atoms with Gasteiger partial charge in [-0.1, -0.05) is 79.9 Å². The van der Waals surface area contributed by atoms with Crippen molar-refractivity contribution >= 4 is 148 Å². The van der Waals surface area contributed by atoms with Crippen molar-refractivity contribution in [2.45, 2.75) is 112 Å². The maximum atomic E-state index is 12.0. The number of nitriles is 1. The number of hydrogen-bond donors (Lipinski definition) is 7. The van der Waals surface area contributed by atoms with Crippen LogP contribution in [0.3, 0.4) is 0 Å². The molecule has 2 radical (unpaired) electrons. The summed E-state index contributed by atoms with van der Waals surface area (Å²) in [5, 5.41) is 110. The number of likely N-dealkylation sites (tertiary alicyclic amines) is 3. The average molecular weight is 2020 g/mol. The van der Waals surface area contributed by atoms with E-state index in [4.69, 9.17) is 72.8 Å². The number of benzene rings is 5. The van der Waals surface area contributed by atoms with Gasteiger partial charge in [0.05, 0.1) is 97.8 Å². The predicted octanol–water partition coefficient (Wildman–Crippen LogP) is 14.7. The Balaban J connectivity index is 0.000000747. The van der Waals surface area contributed by atoms with E-state index in [-0.39, 0.29) is 90.2 Å². The number of nitrogens with zero attached hydrogens (tertiary/aromatic N) is 19. The number of methoxy groups -OCH3 is 2. The Morgan fingerprint density at radius 1 is 0.602 bits per heavy atom. The molecule has 0 unspecified atom stereocenters. The van der Waals surface area contributed by atoms with Crippen molar-refractivity contribution in [3.05, 3.63) is 198 Å². The second kappa shape index (κ2) is 56.6. The van der Waals surface area contributed by atoms with Gasteiger partial charge in [0, 0.05) is 151 Å². The molecule has 0 spiro atoms. The van der Waals surface area contributed by atoms with Crippen LogP contribution in [0, 0.1) is 108 Å². The summed E-state index contributed by atoms with van der Waals surface area (Å²) in [6.45, 7) is 24.9. The Kier molecular flexibility index (Phi) is 50.3. The number of halogens is 6. The van der Waals surface area contributed by atoms with Gasteiger partial charge in [0.15, 0.2) is 5.84 Å². The molecule has 0 atom stereocenters. The summed E-state index contributed by atoms with van der Waals surface area (Å²) >= 11 is 12.6. The van der Waals surface area contributed by atoms with Gasteiger partial charge >= 0.3 is 66.4 Å². The summed E-state index contributed by atoms with van der Waals surface area (Å²) < 4.78 is 40.3. The van der Waals surface area contributed by atoms with Crippen LogP contribution in [0.2, 0.25) is 0 Å². The summed E-state index contributed by atoms with van der Waals surface area (Å²) in [5.41, 5.74) is 14.5. The number of amidine groups is 1. The number of carboxylic acids is 1. The number of amides is 3. The van der Waals surface area contributed by atoms with Crippen LogP contribution in [-0.4, -0.2) is 224 Å². The summed E-state index contributed by atoms with van der Waals surface area (Å²) in [5.74, 6) is 5.19. The van der Waals surface area contributed by atoms with Crippen LogP contribution in [0.15, 0.2) is 125 Å². The monoisotopic (exact) mass is 2020 g/mol. The standard InChI is InChI=1S/C17H20N4O5.C14H14N4O5.C12H12N4O3.C9H15NO4.C8H9N3O3.C8H6N2O2.C2H3ClO2.C2H6O.ClHN4.ClH2NO.3ClH.Sn/c1-10-5-6-11(7-13(10)21(23)24)14-18-15(26-19-14)12-8-20(9-12)16(22)25-17(2,3)4;1-8-3-4-9(5-11(8)18(20)21)12-15-13(23-16-12)10-6-17(7-10)14(19)22-2;1-7-2-3-8(4-10(7)16(17)18)11-14-12(19-15-11)9-5-13-6-9;1-9(2,3)14-8(13)10-4-6(5-10)7(11)12;1-5-2-3-6(8(9)10-12)4-7(5)11(13)14;1-6-2-3-7(5-9)4-8(6)10(11)12;1-5-2(3)4;1-2-3;1-3-5-4-2;1-3-2;;;;/h5-7,12H,8-9H2,1-4H3;3-5,10H,6-7H2,1-2H3;2-4,9,13H,5-6H2,1H3;6H,4-5H2,1-3H3,(H,11,12);2-4,12H,1H3,(H2,9,10);2-4H,1H3;1H3;3H,2H2,1H3;2H;2H2;3*1H;/q;;;;;;;;;;;;;+2/p-2. The Labute approximate surface area is 767 Å². The number of aliphatic hydroxyl groups is 1. The maximum absolute atomic E-state index is 12.0. The number of rotatable bonds is 14. The fourth-order valence-electron chi connectivity index (χ4n) is 9.90. The molecule has 5 aromatic carbocycles. The average Bonchev–Trinajstić information content (AvgIpc) is 1.63. The normalized spacial score (nSPS) is 12.9. The van der Waals surface area contributed by atoms with Crippen molar-refractivity contribution in [3.8, 4) is 40.2 Å². The fraction of sp³-hybridized carbons (Fsp3) is 0.403. The number of nitro groups is 5. The topological polar surface area (TPSA) is 696 Å². The number of aryl methyl sites for hydroxylation is 5. The van der Waals surface area contributed by atoms with Crippen LogP contribution in [0.5, 0.6) is 0 Å². The minimum absolute atomic E-state index is 0. The van der Waals surface area contributed by atoms with Crippen molar-refractivity contribution in [2.24, 2.45) is 37.8 Å². The SMILES string of the molecule is CC(C)(C)OC(=O)N1CC(C(=O)O)C1.CCO.COC(=O)Cl.COC(=O)N1CC(c2nc(-c3ccc(C)c([N+](=O)[O-])c3)no2)C1.Cc1ccc(-c2noc(C3CN(C(=O)OC(C)(C)C)C3)n2)cc1[N+](=O)[O-].Cc1ccc(-c2noc(C3CNC3)n2)cc1[N+](=O)[O-].Cc1ccc(/C(N)=N/O)cc1[N+](=O)[O-].Cc1ccc(C#N)cc1[N+](=O)[O-].Cl.N=NN=NCl.NOCl.[Cl][Sn][Cl]. The molecule has 3 amide bonds. The second-order valence-electron chi connectivity index (χ2n) is 27.9. The number of nitrogens with one attached hydrogen (secondary N) is 2. The molecule has 9 N–H and O–H groups in total. The number of carboxylic acid groups (broad SMARTS) is 1. The van der Waals surface area contributed by atoms with Crippen molar-refractivity contribution in [3.63, 3.8) is 0 Å². The zero-order valence-corrected chi connectivity index (χ0v) is 78.0. The number of aliphatic carboxylic acids is 1. The Hall–Kier alpha value is -12.4. The number of carbonyl (C=O) groups is 5. The van der Waals surface area contributed by atoms with Crippen molar-refractivity contribution in [1.82, 2.24) is 50.4 Å². The zero-order valence-electron chi connectivity index (χ0n) is 70.5. The molecule has 56 heteroatoms. The second-order valence-corrected chi connectivity index (χ2v) is 32.7. The number of aliphatic hydroxyl groups excluding tert-OH is 1. The molecular formula is C72H89Cl6N23O26Sn. The number of carbonyl (C=O) groups excluding carboxylic acids is 4. The van der Waals surface area contributed by atoms with Crippen molar-refractivity contribution in [1.29, 1.82) is 10.8 Å². The van der Waals surface area contributed by atoms with Crippen LogP contribution in [0.25, 0.3) is 34.2 Å². The van der Waals surface area contributed by atoms with E-state index in [0.717, 1.165) is 13.1 Å². The fourth-order valence-corrected chi connectivity index (χ4v) is 9.94. The zero-order chi connectivity index (χ0) is 96.3. The molecule has 4 fully saturated rings. The number of ether oxygens (including phenoxy) is 4. The van der Waals surface area contributed by atoms with E-state index < -0.39 is 84.2 Å². The quantitative estimate of drug-likeness (QED) is 0.00612. The predicted molar refractivity (Wildman–Crippen MR) is 461 cm³/mol. The number of nitro benzene ring substituents is 5. The molecule has 8 aromatic rings. The molecule has 4 aliphatic heterocycles. The van der Waals surface area contributed by atoms with E-state index in [1.54, 1.807) is 128 Å². The van der Waals surface area contributed by atoms with E-state index >= 15 is 0 Å². The first-order valence-electron chi connectivity index (χ1n) is 36.2. The molecule has 694 valence electrons. The molecule has 4 saturated heterocycles. The summed E-state index contributed by atoms with van der Waals surface area (Å²) in [6.07, 6.45) is -1.20. The minimum atomic E-state index is -0.857. The van der Waals surface area contributed by atoms with Gasteiger partial charge in [0.25, 0.3) is 28.4 Å². The van der Waals surface area contributed by atoms with Crippen LogP contribution >= 0.6 is 65.5 Å². The van der Waals surface area contributed by atoms with Gasteiger partial charge in [-0.05, 0) is 99.6 Å². The molecular weight excluding hydrogens is 1930 g/mol. The number of oxime groups is 1. The van der Waals surface area contributed by atoms with Crippen LogP contribution < -0.4 is 16.9 Å². The molecule has 0 bridgehead atoms. The van der Waals surface area contributed by atoms with Gasteiger partial charge in [0.1, 0.15) is 11.2 Å². The Bertz CT molecular complexity index is 5140. The first-order chi connectivity index (χ1) is 59.7. The summed E-state index contributed by atoms with van der Waals surface area (Å²) in [7, 11) is 12.4. The Morgan fingerprint density at radius 3 is 1.17 bits per heavy atom. The van der Waals surface area contributed by atoms with Gasteiger partial charge in [-0.25, -0.2) is 19.2 Å². The molecule has 7 heterocycles. The molecule has 49 nitrogen and oxygen atoms in total. The molecule has 0 aliphatic carbocycles. The number of hydrogen-bond acceptors (Lipinski definition) is 37. The van der Waals surface area contributed by atoms with Gasteiger partial charge in [-0.15, -0.1) is 12.4 Å². The number of nitrogens with two attached hydrogens (primary N) is 2. The van der Waals surface area contributed by atoms with Gasteiger partial charge in [0.2, 0.25) is 35.1 Å². The van der Waals surface area contributed by atoms with Crippen molar-refractivity contribution < 1.29 is 101 Å². The third-order valence-corrected chi connectivity index (χ3v) is 16.7. The van der Waals surface area contributed by atoms with E-state index in [1.165, 1.54) is 54.4 Å². The third-order valence-electron chi connectivity index (χ3n) is 16.5. The van der Waals surface area contributed by atoms with Gasteiger partial charge < -0.3 is 73.7 Å². The van der Waals surface area contributed by atoms with Crippen LogP contribution in [0.4, 0.5) is 47.6 Å².